The average Bonchev–Trinajstić information content (AvgIpc) is 2.54. The minimum absolute atomic E-state index is 0.0897. The molecule has 2 aromatic carbocycles. The van der Waals surface area contributed by atoms with Crippen LogP contribution < -0.4 is 10.4 Å². The van der Waals surface area contributed by atoms with E-state index in [1.807, 2.05) is 51.1 Å². The first-order valence-electron chi connectivity index (χ1n) is 8.29. The summed E-state index contributed by atoms with van der Waals surface area (Å²) in [6, 6.07) is 13.3. The molecule has 0 aliphatic carbocycles. The van der Waals surface area contributed by atoms with Crippen molar-refractivity contribution in [3.8, 4) is 16.9 Å². The van der Waals surface area contributed by atoms with Gasteiger partial charge in [0, 0.05) is 30.2 Å². The number of hydrogen-bond acceptors (Lipinski definition) is 4. The molecule has 130 valence electrons. The van der Waals surface area contributed by atoms with Crippen molar-refractivity contribution < 1.29 is 13.9 Å². The number of aryl methyl sites for hydroxylation is 2. The zero-order valence-corrected chi connectivity index (χ0v) is 15.0. The summed E-state index contributed by atoms with van der Waals surface area (Å²) in [6.45, 7) is 6.46. The van der Waals surface area contributed by atoms with Gasteiger partial charge in [0.2, 0.25) is 0 Å². The highest BCUT2D eigenvalue weighted by Crippen LogP contribution is 2.34. The van der Waals surface area contributed by atoms with E-state index in [0.29, 0.717) is 17.9 Å². The quantitative estimate of drug-likeness (QED) is 0.643. The largest absolute Gasteiger partial charge is 0.488 e. The summed E-state index contributed by atoms with van der Waals surface area (Å²) in [4.78, 5) is 12.1. The summed E-state index contributed by atoms with van der Waals surface area (Å²) in [6.07, 6.45) is -0.0897. The van der Waals surface area contributed by atoms with Gasteiger partial charge >= 0.3 is 5.63 Å². The molecule has 0 bridgehead atoms. The highest BCUT2D eigenvalue weighted by molar-refractivity contribution is 5.97. The lowest BCUT2D eigenvalue weighted by Crippen LogP contribution is -2.18. The minimum atomic E-state index is -0.368. The van der Waals surface area contributed by atoms with E-state index in [-0.39, 0.29) is 11.7 Å². The topological polar surface area (TPSA) is 48.7 Å². The summed E-state index contributed by atoms with van der Waals surface area (Å²) in [7, 11) is 1.64. The first-order valence-corrected chi connectivity index (χ1v) is 8.29. The number of methoxy groups -OCH3 is 1. The van der Waals surface area contributed by atoms with E-state index >= 15 is 0 Å². The molecular weight excluding hydrogens is 316 g/mol. The maximum Gasteiger partial charge on any atom is 0.336 e. The van der Waals surface area contributed by atoms with E-state index in [1.165, 1.54) is 0 Å². The second kappa shape index (κ2) is 7.11. The molecule has 3 rings (SSSR count). The predicted molar refractivity (Wildman–Crippen MR) is 99.4 cm³/mol. The van der Waals surface area contributed by atoms with E-state index in [2.05, 4.69) is 0 Å². The predicted octanol–water partition coefficient (Wildman–Crippen LogP) is 4.49. The lowest BCUT2D eigenvalue weighted by atomic mass is 9.95. The summed E-state index contributed by atoms with van der Waals surface area (Å²) >= 11 is 0. The fourth-order valence-corrected chi connectivity index (χ4v) is 3.13. The molecule has 0 radical (unpaired) electrons. The van der Waals surface area contributed by atoms with Crippen molar-refractivity contribution in [2.75, 3.05) is 13.7 Å². The molecule has 0 aliphatic rings. The van der Waals surface area contributed by atoms with Gasteiger partial charge in [0.05, 0.1) is 6.61 Å². The molecular formula is C21H22O4. The maximum absolute atomic E-state index is 12.1. The Morgan fingerprint density at radius 2 is 1.80 bits per heavy atom. The van der Waals surface area contributed by atoms with Crippen LogP contribution in [0.4, 0.5) is 0 Å². The van der Waals surface area contributed by atoms with E-state index in [9.17, 15) is 4.79 Å². The molecule has 1 heterocycles. The molecule has 0 spiro atoms. The zero-order chi connectivity index (χ0) is 18.0. The monoisotopic (exact) mass is 338 g/mol. The van der Waals surface area contributed by atoms with Crippen molar-refractivity contribution in [2.24, 2.45) is 0 Å². The Balaban J connectivity index is 2.18. The smallest absolute Gasteiger partial charge is 0.336 e. The molecule has 4 heteroatoms. The van der Waals surface area contributed by atoms with Crippen molar-refractivity contribution >= 4 is 11.0 Å². The van der Waals surface area contributed by atoms with Crippen molar-refractivity contribution in [3.63, 3.8) is 0 Å². The number of hydrogen-bond donors (Lipinski definition) is 0. The molecule has 1 atom stereocenters. The standard InChI is InChI=1S/C21H22O4/c1-13-7-5-6-8-17(13)18-11-20(22)25-19-10-16(9-14(2)21(18)19)24-15(3)12-23-4/h5-11,15H,12H2,1-4H3/t15-/m1/s1. The van der Waals surface area contributed by atoms with Gasteiger partial charge < -0.3 is 13.9 Å². The third-order valence-electron chi connectivity index (χ3n) is 4.19. The zero-order valence-electron chi connectivity index (χ0n) is 15.0. The number of ether oxygens (including phenoxy) is 2. The molecule has 0 amide bonds. The van der Waals surface area contributed by atoms with Crippen LogP contribution in [0.2, 0.25) is 0 Å². The van der Waals surface area contributed by atoms with Crippen LogP contribution in [0.3, 0.4) is 0 Å². The Kier molecular flexibility index (Phi) is 4.91. The van der Waals surface area contributed by atoms with Crippen molar-refractivity contribution in [1.82, 2.24) is 0 Å². The average molecular weight is 338 g/mol. The van der Waals surface area contributed by atoms with Crippen LogP contribution in [0.25, 0.3) is 22.1 Å². The van der Waals surface area contributed by atoms with Gasteiger partial charge in [-0.15, -0.1) is 0 Å². The number of fused-ring (bicyclic) bond motifs is 1. The van der Waals surface area contributed by atoms with Crippen LogP contribution in [-0.2, 0) is 4.74 Å². The Hall–Kier alpha value is -2.59. The van der Waals surface area contributed by atoms with Crippen molar-refractivity contribution in [1.29, 1.82) is 0 Å². The van der Waals surface area contributed by atoms with E-state index < -0.39 is 0 Å². The van der Waals surface area contributed by atoms with Gasteiger partial charge in [-0.3, -0.25) is 0 Å². The second-order valence-corrected chi connectivity index (χ2v) is 6.29. The Bertz CT molecular complexity index is 956. The van der Waals surface area contributed by atoms with Gasteiger partial charge in [0.25, 0.3) is 0 Å². The van der Waals surface area contributed by atoms with Crippen LogP contribution in [0.5, 0.6) is 5.75 Å². The fourth-order valence-electron chi connectivity index (χ4n) is 3.13. The van der Waals surface area contributed by atoms with Crippen LogP contribution in [0.1, 0.15) is 18.1 Å². The van der Waals surface area contributed by atoms with E-state index in [4.69, 9.17) is 13.9 Å². The lowest BCUT2D eigenvalue weighted by molar-refractivity contribution is 0.0921. The van der Waals surface area contributed by atoms with Gasteiger partial charge in [-0.25, -0.2) is 4.79 Å². The second-order valence-electron chi connectivity index (χ2n) is 6.29. The van der Waals surface area contributed by atoms with Crippen LogP contribution in [0, 0.1) is 13.8 Å². The Labute approximate surface area is 147 Å². The Morgan fingerprint density at radius 1 is 1.04 bits per heavy atom. The molecule has 0 saturated heterocycles. The summed E-state index contributed by atoms with van der Waals surface area (Å²) < 4.78 is 16.4. The van der Waals surface area contributed by atoms with Gasteiger partial charge in [0.15, 0.2) is 0 Å². The molecule has 25 heavy (non-hydrogen) atoms. The van der Waals surface area contributed by atoms with E-state index in [1.54, 1.807) is 19.2 Å². The van der Waals surface area contributed by atoms with Gasteiger partial charge in [-0.05, 0) is 43.5 Å². The first kappa shape index (κ1) is 17.2. The number of benzene rings is 2. The lowest BCUT2D eigenvalue weighted by Gasteiger charge is -2.16. The molecule has 0 saturated carbocycles. The SMILES string of the molecule is COC[C@@H](C)Oc1cc(C)c2c(-c3ccccc3C)cc(=O)oc2c1. The number of rotatable bonds is 5. The minimum Gasteiger partial charge on any atom is -0.488 e. The highest BCUT2D eigenvalue weighted by Gasteiger charge is 2.14. The molecule has 3 aromatic rings. The highest BCUT2D eigenvalue weighted by atomic mass is 16.5. The third kappa shape index (κ3) is 3.59. The molecule has 0 N–H and O–H groups in total. The van der Waals surface area contributed by atoms with Crippen LogP contribution in [-0.4, -0.2) is 19.8 Å². The van der Waals surface area contributed by atoms with E-state index in [0.717, 1.165) is 27.6 Å². The molecule has 4 nitrogen and oxygen atoms in total. The van der Waals surface area contributed by atoms with Gasteiger partial charge in [0.1, 0.15) is 17.4 Å². The summed E-state index contributed by atoms with van der Waals surface area (Å²) in [5.74, 6) is 0.666. The van der Waals surface area contributed by atoms with Crippen molar-refractivity contribution in [3.05, 3.63) is 64.0 Å². The molecule has 0 fully saturated rings. The van der Waals surface area contributed by atoms with Crippen molar-refractivity contribution in [2.45, 2.75) is 26.9 Å². The summed E-state index contributed by atoms with van der Waals surface area (Å²) in [5, 5.41) is 0.931. The molecule has 1 aromatic heterocycles. The Morgan fingerprint density at radius 3 is 2.52 bits per heavy atom. The molecule has 0 unspecified atom stereocenters. The first-order chi connectivity index (χ1) is 12.0. The van der Waals surface area contributed by atoms with Gasteiger partial charge in [-0.2, -0.15) is 0 Å². The third-order valence-corrected chi connectivity index (χ3v) is 4.19. The summed E-state index contributed by atoms with van der Waals surface area (Å²) in [5.41, 5.74) is 4.20. The normalized spacial score (nSPS) is 12.3. The van der Waals surface area contributed by atoms with Crippen LogP contribution in [0.15, 0.2) is 51.7 Å². The van der Waals surface area contributed by atoms with Crippen LogP contribution >= 0.6 is 0 Å². The maximum atomic E-state index is 12.1. The van der Waals surface area contributed by atoms with Gasteiger partial charge in [-0.1, -0.05) is 24.3 Å². The fraction of sp³-hybridized carbons (Fsp3) is 0.286. The molecule has 0 aliphatic heterocycles.